The molecule has 136 valence electrons. The zero-order chi connectivity index (χ0) is 19.6. The van der Waals surface area contributed by atoms with Crippen LogP contribution in [0, 0.1) is 23.0 Å². The number of nitrogens with one attached hydrogen (secondary N) is 1. The lowest BCUT2D eigenvalue weighted by Crippen LogP contribution is -2.13. The molecule has 0 aliphatic heterocycles. The van der Waals surface area contributed by atoms with Gasteiger partial charge in [-0.2, -0.15) is 5.26 Å². The van der Waals surface area contributed by atoms with E-state index in [4.69, 9.17) is 16.9 Å². The summed E-state index contributed by atoms with van der Waals surface area (Å²) in [5, 5.41) is 9.01. The Kier molecular flexibility index (Phi) is 5.08. The van der Waals surface area contributed by atoms with Crippen LogP contribution in [0.4, 0.5) is 14.5 Å². The largest absolute Gasteiger partial charge is 0.280 e. The predicted octanol–water partition coefficient (Wildman–Crippen LogP) is 4.35. The fraction of sp³-hybridized carbons (Fsp3) is 0. The number of hydrogen-bond acceptors (Lipinski definition) is 4. The van der Waals surface area contributed by atoms with Crippen LogP contribution < -0.4 is 4.72 Å². The smallest absolute Gasteiger partial charge is 0.261 e. The lowest BCUT2D eigenvalue weighted by molar-refractivity contribution is 0.595. The van der Waals surface area contributed by atoms with Gasteiger partial charge in [-0.3, -0.25) is 4.72 Å². The molecule has 5 nitrogen and oxygen atoms in total. The first-order valence-electron chi connectivity index (χ1n) is 7.45. The summed E-state index contributed by atoms with van der Waals surface area (Å²) in [6, 6.07) is 12.9. The Morgan fingerprint density at radius 3 is 2.52 bits per heavy atom. The molecule has 1 aromatic heterocycles. The van der Waals surface area contributed by atoms with Gasteiger partial charge in [0, 0.05) is 5.56 Å². The van der Waals surface area contributed by atoms with Crippen LogP contribution in [0.3, 0.4) is 0 Å². The summed E-state index contributed by atoms with van der Waals surface area (Å²) in [6.07, 6.45) is 0. The summed E-state index contributed by atoms with van der Waals surface area (Å²) in [7, 11) is -4.00. The molecule has 0 amide bonds. The standard InChI is InChI=1S/C18H10ClF2N3O2S/c19-15-9-12(24-27(25,26)13-3-1-2-11(20)8-13)4-5-14(15)17-7-6-16(21)18(10-22)23-17/h1-9,24H. The van der Waals surface area contributed by atoms with Crippen LogP contribution in [0.1, 0.15) is 5.69 Å². The van der Waals surface area contributed by atoms with Gasteiger partial charge in [-0.1, -0.05) is 17.7 Å². The van der Waals surface area contributed by atoms with E-state index in [2.05, 4.69) is 9.71 Å². The quantitative estimate of drug-likeness (QED) is 0.699. The highest BCUT2D eigenvalue weighted by atomic mass is 35.5. The van der Waals surface area contributed by atoms with Crippen molar-refractivity contribution in [3.05, 3.63) is 76.9 Å². The minimum atomic E-state index is -4.00. The van der Waals surface area contributed by atoms with Gasteiger partial charge >= 0.3 is 0 Å². The molecule has 0 unspecified atom stereocenters. The van der Waals surface area contributed by atoms with Crippen LogP contribution >= 0.6 is 11.6 Å². The van der Waals surface area contributed by atoms with Crippen molar-refractivity contribution in [1.82, 2.24) is 4.98 Å². The Bertz CT molecular complexity index is 1180. The van der Waals surface area contributed by atoms with Gasteiger partial charge in [0.15, 0.2) is 11.5 Å². The highest BCUT2D eigenvalue weighted by molar-refractivity contribution is 7.92. The third-order valence-corrected chi connectivity index (χ3v) is 5.25. The van der Waals surface area contributed by atoms with Gasteiger partial charge in [0.05, 0.1) is 21.3 Å². The summed E-state index contributed by atoms with van der Waals surface area (Å²) in [6.45, 7) is 0. The maximum atomic E-state index is 13.4. The van der Waals surface area contributed by atoms with E-state index in [9.17, 15) is 17.2 Å². The van der Waals surface area contributed by atoms with Gasteiger partial charge in [-0.15, -0.1) is 0 Å². The van der Waals surface area contributed by atoms with Crippen molar-refractivity contribution in [1.29, 1.82) is 5.26 Å². The topological polar surface area (TPSA) is 82.8 Å². The molecule has 2 aromatic carbocycles. The Balaban J connectivity index is 1.93. The SMILES string of the molecule is N#Cc1nc(-c2ccc(NS(=O)(=O)c3cccc(F)c3)cc2Cl)ccc1F. The number of rotatable bonds is 4. The molecule has 0 saturated heterocycles. The summed E-state index contributed by atoms with van der Waals surface area (Å²) in [5.74, 6) is -1.43. The molecule has 0 fully saturated rings. The van der Waals surface area contributed by atoms with E-state index in [1.165, 1.54) is 36.4 Å². The zero-order valence-electron chi connectivity index (χ0n) is 13.4. The van der Waals surface area contributed by atoms with Gasteiger partial charge < -0.3 is 0 Å². The normalized spacial score (nSPS) is 11.0. The van der Waals surface area contributed by atoms with E-state index in [0.717, 1.165) is 18.2 Å². The van der Waals surface area contributed by atoms with Crippen molar-refractivity contribution in [2.24, 2.45) is 0 Å². The number of pyridine rings is 1. The van der Waals surface area contributed by atoms with E-state index in [1.54, 1.807) is 6.07 Å². The van der Waals surface area contributed by atoms with Crippen molar-refractivity contribution in [2.45, 2.75) is 4.90 Å². The zero-order valence-corrected chi connectivity index (χ0v) is 15.0. The van der Waals surface area contributed by atoms with Crippen LogP contribution in [0.5, 0.6) is 0 Å². The molecule has 0 spiro atoms. The maximum absolute atomic E-state index is 13.4. The molecule has 0 saturated carbocycles. The van der Waals surface area contributed by atoms with Crippen LogP contribution in [-0.2, 0) is 10.0 Å². The molecule has 0 bridgehead atoms. The van der Waals surface area contributed by atoms with E-state index >= 15 is 0 Å². The van der Waals surface area contributed by atoms with Crippen molar-refractivity contribution in [3.63, 3.8) is 0 Å². The number of nitrogens with zero attached hydrogens (tertiary/aromatic N) is 2. The van der Waals surface area contributed by atoms with E-state index in [0.29, 0.717) is 5.56 Å². The molecular formula is C18H10ClF2N3O2S. The molecule has 0 aliphatic carbocycles. The Labute approximate surface area is 158 Å². The average Bonchev–Trinajstić information content (AvgIpc) is 2.62. The predicted molar refractivity (Wildman–Crippen MR) is 96.6 cm³/mol. The lowest BCUT2D eigenvalue weighted by Gasteiger charge is -2.10. The Morgan fingerprint density at radius 2 is 1.85 bits per heavy atom. The third-order valence-electron chi connectivity index (χ3n) is 3.56. The second-order valence-electron chi connectivity index (χ2n) is 5.40. The van der Waals surface area contributed by atoms with Crippen molar-refractivity contribution in [3.8, 4) is 17.3 Å². The molecule has 27 heavy (non-hydrogen) atoms. The molecule has 3 rings (SSSR count). The van der Waals surface area contributed by atoms with Crippen LogP contribution in [0.2, 0.25) is 5.02 Å². The molecule has 0 atom stereocenters. The monoisotopic (exact) mass is 405 g/mol. The number of hydrogen-bond donors (Lipinski definition) is 1. The van der Waals surface area contributed by atoms with Gasteiger partial charge in [0.1, 0.15) is 11.9 Å². The number of sulfonamides is 1. The molecule has 0 radical (unpaired) electrons. The molecule has 3 aromatic rings. The van der Waals surface area contributed by atoms with Crippen LogP contribution in [0.25, 0.3) is 11.3 Å². The highest BCUT2D eigenvalue weighted by Gasteiger charge is 2.16. The lowest BCUT2D eigenvalue weighted by atomic mass is 10.1. The fourth-order valence-corrected chi connectivity index (χ4v) is 3.66. The molecule has 1 N–H and O–H groups in total. The van der Waals surface area contributed by atoms with E-state index in [1.807, 2.05) is 0 Å². The van der Waals surface area contributed by atoms with Crippen molar-refractivity contribution in [2.75, 3.05) is 4.72 Å². The second kappa shape index (κ2) is 7.31. The Hall–Kier alpha value is -3.02. The summed E-state index contributed by atoms with van der Waals surface area (Å²) >= 11 is 6.19. The summed E-state index contributed by atoms with van der Waals surface area (Å²) in [5.41, 5.74) is 0.425. The molecule has 0 aliphatic rings. The number of benzene rings is 2. The first kappa shape index (κ1) is 18.8. The minimum Gasteiger partial charge on any atom is -0.280 e. The van der Waals surface area contributed by atoms with Crippen molar-refractivity contribution >= 4 is 27.3 Å². The van der Waals surface area contributed by atoms with E-state index in [-0.39, 0.29) is 27.0 Å². The number of halogens is 3. The third kappa shape index (κ3) is 4.05. The average molecular weight is 406 g/mol. The number of aromatic nitrogens is 1. The first-order valence-corrected chi connectivity index (χ1v) is 9.31. The van der Waals surface area contributed by atoms with Crippen LogP contribution in [0.15, 0.2) is 59.5 Å². The van der Waals surface area contributed by atoms with Gasteiger partial charge in [-0.05, 0) is 48.5 Å². The molecule has 9 heteroatoms. The Morgan fingerprint density at radius 1 is 1.07 bits per heavy atom. The van der Waals surface area contributed by atoms with Crippen LogP contribution in [-0.4, -0.2) is 13.4 Å². The number of nitriles is 1. The first-order chi connectivity index (χ1) is 12.8. The fourth-order valence-electron chi connectivity index (χ4n) is 2.31. The summed E-state index contributed by atoms with van der Waals surface area (Å²) < 4.78 is 53.6. The number of anilines is 1. The summed E-state index contributed by atoms with van der Waals surface area (Å²) in [4.78, 5) is 3.65. The minimum absolute atomic E-state index is 0.137. The van der Waals surface area contributed by atoms with Gasteiger partial charge in [0.25, 0.3) is 10.0 Å². The van der Waals surface area contributed by atoms with E-state index < -0.39 is 21.7 Å². The maximum Gasteiger partial charge on any atom is 0.261 e. The van der Waals surface area contributed by atoms with Gasteiger partial charge in [0.2, 0.25) is 0 Å². The molecular weight excluding hydrogens is 396 g/mol. The second-order valence-corrected chi connectivity index (χ2v) is 7.49. The van der Waals surface area contributed by atoms with Gasteiger partial charge in [-0.25, -0.2) is 22.2 Å². The molecule has 1 heterocycles. The highest BCUT2D eigenvalue weighted by Crippen LogP contribution is 2.30. The van der Waals surface area contributed by atoms with Crippen molar-refractivity contribution < 1.29 is 17.2 Å².